The van der Waals surface area contributed by atoms with Gasteiger partial charge in [-0.05, 0) is 51.4 Å². The summed E-state index contributed by atoms with van der Waals surface area (Å²) in [5.41, 5.74) is 1.28. The second-order valence-electron chi connectivity index (χ2n) is 7.52. The Kier molecular flexibility index (Phi) is 7.28. The number of amides is 1. The number of piperidine rings is 1. The average molecular weight is 414 g/mol. The van der Waals surface area contributed by atoms with Gasteiger partial charge in [-0.15, -0.1) is 11.3 Å². The summed E-state index contributed by atoms with van der Waals surface area (Å²) in [6.45, 7) is 2.89. The summed E-state index contributed by atoms with van der Waals surface area (Å²) in [7, 11) is -3.34. The molecule has 1 aromatic heterocycles. The first kappa shape index (κ1) is 20.7. The molecule has 1 N–H and O–H groups in total. The predicted octanol–water partition coefficient (Wildman–Crippen LogP) is 2.67. The molecular weight excluding hydrogens is 382 g/mol. The van der Waals surface area contributed by atoms with Gasteiger partial charge in [0.2, 0.25) is 15.9 Å². The lowest BCUT2D eigenvalue weighted by atomic mass is 10.0. The molecule has 1 aliphatic carbocycles. The van der Waals surface area contributed by atoms with Crippen LogP contribution in [-0.2, 0) is 34.1 Å². The number of carbonyl (C=O) groups is 1. The van der Waals surface area contributed by atoms with Gasteiger partial charge in [0.1, 0.15) is 6.04 Å². The maximum Gasteiger partial charge on any atom is 0.238 e. The summed E-state index contributed by atoms with van der Waals surface area (Å²) in [6, 6.07) is -0.539. The van der Waals surface area contributed by atoms with Crippen molar-refractivity contribution in [3.05, 3.63) is 15.6 Å². The smallest absolute Gasteiger partial charge is 0.238 e. The molecule has 1 amide bonds. The highest BCUT2D eigenvalue weighted by Crippen LogP contribution is 2.27. The van der Waals surface area contributed by atoms with Crippen LogP contribution in [0.1, 0.15) is 67.4 Å². The van der Waals surface area contributed by atoms with Crippen LogP contribution in [-0.4, -0.2) is 48.5 Å². The zero-order chi connectivity index (χ0) is 19.3. The Bertz CT molecular complexity index is 722. The monoisotopic (exact) mass is 413 g/mol. The molecule has 1 saturated heterocycles. The maximum absolute atomic E-state index is 12.6. The van der Waals surface area contributed by atoms with Crippen molar-refractivity contribution in [2.75, 3.05) is 18.8 Å². The Labute approximate surface area is 166 Å². The third-order valence-electron chi connectivity index (χ3n) is 5.33. The molecule has 0 bridgehead atoms. The zero-order valence-corrected chi connectivity index (χ0v) is 17.8. The number of hydrogen-bond donors (Lipinski definition) is 1. The highest BCUT2D eigenvalue weighted by Gasteiger charge is 2.35. The molecule has 1 unspecified atom stereocenters. The van der Waals surface area contributed by atoms with Crippen molar-refractivity contribution in [1.29, 1.82) is 0 Å². The summed E-state index contributed by atoms with van der Waals surface area (Å²) in [6.07, 6.45) is 9.42. The molecule has 8 heteroatoms. The fourth-order valence-electron chi connectivity index (χ4n) is 3.96. The van der Waals surface area contributed by atoms with E-state index >= 15 is 0 Å². The van der Waals surface area contributed by atoms with Crippen LogP contribution < -0.4 is 5.32 Å². The van der Waals surface area contributed by atoms with Gasteiger partial charge >= 0.3 is 0 Å². The van der Waals surface area contributed by atoms with Crippen molar-refractivity contribution in [2.24, 2.45) is 0 Å². The molecule has 0 saturated carbocycles. The number of aromatic nitrogens is 1. The molecule has 3 rings (SSSR count). The van der Waals surface area contributed by atoms with E-state index in [0.29, 0.717) is 25.9 Å². The number of fused-ring (bicyclic) bond motifs is 1. The third-order valence-corrected chi connectivity index (χ3v) is 8.63. The van der Waals surface area contributed by atoms with Gasteiger partial charge in [-0.2, -0.15) is 4.31 Å². The first-order chi connectivity index (χ1) is 13.0. The van der Waals surface area contributed by atoms with Crippen molar-refractivity contribution in [1.82, 2.24) is 14.6 Å². The molecule has 0 radical (unpaired) electrons. The molecule has 1 fully saturated rings. The second kappa shape index (κ2) is 9.47. The number of carbonyl (C=O) groups excluding carboxylic acids is 1. The van der Waals surface area contributed by atoms with E-state index in [-0.39, 0.29) is 11.7 Å². The second-order valence-corrected chi connectivity index (χ2v) is 10.7. The molecule has 1 atom stereocenters. The van der Waals surface area contributed by atoms with Crippen molar-refractivity contribution < 1.29 is 13.2 Å². The topological polar surface area (TPSA) is 79.4 Å². The number of hydrogen-bond acceptors (Lipinski definition) is 5. The van der Waals surface area contributed by atoms with Crippen LogP contribution in [0.25, 0.3) is 0 Å². The van der Waals surface area contributed by atoms with Gasteiger partial charge in [-0.1, -0.05) is 13.3 Å². The van der Waals surface area contributed by atoms with E-state index in [0.717, 1.165) is 38.5 Å². The Morgan fingerprint density at radius 2 is 2.07 bits per heavy atom. The summed E-state index contributed by atoms with van der Waals surface area (Å²) < 4.78 is 26.3. The average Bonchev–Trinajstić information content (AvgIpc) is 3.08. The molecule has 0 spiro atoms. The lowest BCUT2D eigenvalue weighted by molar-refractivity contribution is -0.125. The Morgan fingerprint density at radius 3 is 2.85 bits per heavy atom. The SMILES string of the molecule is CCCS(=O)(=O)N1CCCCC1C(=O)NCCCc1nc2c(s1)CCCC2. The molecule has 2 heterocycles. The van der Waals surface area contributed by atoms with Crippen molar-refractivity contribution in [3.8, 4) is 0 Å². The fraction of sp³-hybridized carbons (Fsp3) is 0.789. The van der Waals surface area contributed by atoms with E-state index in [1.165, 1.54) is 32.7 Å². The van der Waals surface area contributed by atoms with E-state index in [9.17, 15) is 13.2 Å². The summed E-state index contributed by atoms with van der Waals surface area (Å²) in [5.74, 6) is -0.0290. The van der Waals surface area contributed by atoms with Crippen molar-refractivity contribution >= 4 is 27.3 Å². The van der Waals surface area contributed by atoms with Crippen LogP contribution in [0, 0.1) is 0 Å². The lowest BCUT2D eigenvalue weighted by Crippen LogP contribution is -2.52. The predicted molar refractivity (Wildman–Crippen MR) is 109 cm³/mol. The van der Waals surface area contributed by atoms with Crippen molar-refractivity contribution in [3.63, 3.8) is 0 Å². The maximum atomic E-state index is 12.6. The van der Waals surface area contributed by atoms with Crippen LogP contribution in [0.15, 0.2) is 0 Å². The van der Waals surface area contributed by atoms with Crippen LogP contribution >= 0.6 is 11.3 Å². The fourth-order valence-corrected chi connectivity index (χ4v) is 6.90. The highest BCUT2D eigenvalue weighted by atomic mass is 32.2. The molecule has 2 aliphatic rings. The van der Waals surface area contributed by atoms with Gasteiger partial charge < -0.3 is 5.32 Å². The van der Waals surface area contributed by atoms with Gasteiger partial charge in [-0.3, -0.25) is 4.79 Å². The quantitative estimate of drug-likeness (QED) is 0.665. The number of rotatable bonds is 8. The van der Waals surface area contributed by atoms with Crippen LogP contribution in [0.5, 0.6) is 0 Å². The first-order valence-corrected chi connectivity index (χ1v) is 12.7. The van der Waals surface area contributed by atoms with E-state index in [2.05, 4.69) is 5.32 Å². The van der Waals surface area contributed by atoms with E-state index in [1.807, 2.05) is 18.3 Å². The molecule has 0 aromatic carbocycles. The third kappa shape index (κ3) is 5.29. The molecule has 152 valence electrons. The number of nitrogens with one attached hydrogen (secondary N) is 1. The minimum absolute atomic E-state index is 0.117. The Morgan fingerprint density at radius 1 is 1.26 bits per heavy atom. The number of aryl methyl sites for hydroxylation is 3. The normalized spacial score (nSPS) is 21.0. The van der Waals surface area contributed by atoms with Gasteiger partial charge in [0.25, 0.3) is 0 Å². The van der Waals surface area contributed by atoms with Gasteiger partial charge in [-0.25, -0.2) is 13.4 Å². The Hall–Kier alpha value is -0.990. The molecule has 1 aliphatic heterocycles. The van der Waals surface area contributed by atoms with Crippen LogP contribution in [0.2, 0.25) is 0 Å². The number of thiazole rings is 1. The number of nitrogens with zero attached hydrogens (tertiary/aromatic N) is 2. The standard InChI is InChI=1S/C19H31N3O3S2/c1-2-14-27(24,25)22-13-6-5-9-16(22)19(23)20-12-7-11-18-21-15-8-3-4-10-17(15)26-18/h16H,2-14H2,1H3,(H,20,23). The summed E-state index contributed by atoms with van der Waals surface area (Å²) >= 11 is 1.82. The van der Waals surface area contributed by atoms with Crippen LogP contribution in [0.3, 0.4) is 0 Å². The number of sulfonamides is 1. The first-order valence-electron chi connectivity index (χ1n) is 10.3. The van der Waals surface area contributed by atoms with E-state index in [1.54, 1.807) is 0 Å². The summed E-state index contributed by atoms with van der Waals surface area (Å²) in [5, 5.41) is 4.13. The van der Waals surface area contributed by atoms with Crippen LogP contribution in [0.4, 0.5) is 0 Å². The summed E-state index contributed by atoms with van der Waals surface area (Å²) in [4.78, 5) is 18.8. The molecule has 6 nitrogen and oxygen atoms in total. The van der Waals surface area contributed by atoms with Gasteiger partial charge in [0.05, 0.1) is 16.5 Å². The van der Waals surface area contributed by atoms with E-state index in [4.69, 9.17) is 4.98 Å². The van der Waals surface area contributed by atoms with Gasteiger partial charge in [0.15, 0.2) is 0 Å². The highest BCUT2D eigenvalue weighted by molar-refractivity contribution is 7.89. The van der Waals surface area contributed by atoms with Crippen molar-refractivity contribution in [2.45, 2.75) is 77.2 Å². The zero-order valence-electron chi connectivity index (χ0n) is 16.2. The lowest BCUT2D eigenvalue weighted by Gasteiger charge is -2.33. The largest absolute Gasteiger partial charge is 0.355 e. The Balaban J connectivity index is 1.48. The van der Waals surface area contributed by atoms with E-state index < -0.39 is 16.1 Å². The minimum Gasteiger partial charge on any atom is -0.355 e. The minimum atomic E-state index is -3.34. The van der Waals surface area contributed by atoms with Gasteiger partial charge in [0, 0.05) is 24.4 Å². The molecule has 27 heavy (non-hydrogen) atoms. The molecule has 1 aromatic rings. The molecular formula is C19H31N3O3S2.